The van der Waals surface area contributed by atoms with E-state index in [9.17, 15) is 9.59 Å². The molecule has 0 saturated carbocycles. The first-order chi connectivity index (χ1) is 9.78. The second kappa shape index (κ2) is 7.70. The number of hydrogen-bond donors (Lipinski definition) is 4. The molecule has 1 aliphatic rings. The first-order valence-electron chi connectivity index (χ1n) is 7.02. The molecule has 120 valence electrons. The Labute approximate surface area is 124 Å². The molecule has 0 bridgehead atoms. The van der Waals surface area contributed by atoms with E-state index in [2.05, 4.69) is 20.9 Å². The maximum atomic E-state index is 11.6. The molecule has 0 spiro atoms. The number of carboxylic acid groups (broad SMARTS) is 1. The van der Waals surface area contributed by atoms with Crippen LogP contribution in [0.1, 0.15) is 33.6 Å². The highest BCUT2D eigenvalue weighted by atomic mass is 16.6. The third kappa shape index (κ3) is 7.38. The van der Waals surface area contributed by atoms with Crippen molar-refractivity contribution in [2.45, 2.75) is 45.3 Å². The monoisotopic (exact) mass is 300 g/mol. The minimum atomic E-state index is -1.07. The van der Waals surface area contributed by atoms with Gasteiger partial charge in [-0.25, -0.2) is 9.59 Å². The van der Waals surface area contributed by atoms with Crippen LogP contribution in [0.4, 0.5) is 4.79 Å². The van der Waals surface area contributed by atoms with E-state index in [0.29, 0.717) is 19.4 Å². The number of ether oxygens (including phenoxy) is 1. The quantitative estimate of drug-likeness (QED) is 0.525. The van der Waals surface area contributed by atoms with Gasteiger partial charge in [-0.15, -0.1) is 0 Å². The number of nitrogens with one attached hydrogen (secondary N) is 3. The fraction of sp³-hybridized carbons (Fsp3) is 0.769. The van der Waals surface area contributed by atoms with Gasteiger partial charge in [0.2, 0.25) is 0 Å². The molecule has 0 radical (unpaired) electrons. The van der Waals surface area contributed by atoms with Gasteiger partial charge in [0, 0.05) is 13.1 Å². The van der Waals surface area contributed by atoms with Crippen LogP contribution < -0.4 is 16.0 Å². The first kappa shape index (κ1) is 17.1. The number of aliphatic carboxylic acids is 1. The Bertz CT molecular complexity index is 403. The number of carboxylic acids is 1. The lowest BCUT2D eigenvalue weighted by Crippen LogP contribution is -2.44. The summed E-state index contributed by atoms with van der Waals surface area (Å²) in [5, 5.41) is 17.6. The van der Waals surface area contributed by atoms with E-state index in [1.807, 2.05) is 0 Å². The zero-order valence-corrected chi connectivity index (χ0v) is 12.7. The summed E-state index contributed by atoms with van der Waals surface area (Å²) in [5.41, 5.74) is -0.652. The van der Waals surface area contributed by atoms with Gasteiger partial charge < -0.3 is 25.8 Å². The third-order valence-corrected chi connectivity index (χ3v) is 2.63. The van der Waals surface area contributed by atoms with Gasteiger partial charge in [0.15, 0.2) is 5.96 Å². The van der Waals surface area contributed by atoms with Gasteiger partial charge in [0.25, 0.3) is 0 Å². The second-order valence-corrected chi connectivity index (χ2v) is 5.76. The average Bonchev–Trinajstić information content (AvgIpc) is 2.83. The minimum Gasteiger partial charge on any atom is -0.480 e. The molecular formula is C13H24N4O4. The Kier molecular flexibility index (Phi) is 6.26. The second-order valence-electron chi connectivity index (χ2n) is 5.76. The molecule has 1 rings (SSSR count). The number of rotatable bonds is 6. The molecule has 0 aliphatic carbocycles. The topological polar surface area (TPSA) is 112 Å². The summed E-state index contributed by atoms with van der Waals surface area (Å²) in [4.78, 5) is 26.9. The Morgan fingerprint density at radius 2 is 2.19 bits per heavy atom. The molecule has 1 aliphatic heterocycles. The van der Waals surface area contributed by atoms with Gasteiger partial charge in [-0.2, -0.15) is 0 Å². The van der Waals surface area contributed by atoms with Crippen LogP contribution in [0.15, 0.2) is 4.99 Å². The van der Waals surface area contributed by atoms with Crippen molar-refractivity contribution in [2.24, 2.45) is 4.99 Å². The Balaban J connectivity index is 2.29. The number of nitrogens with zero attached hydrogens (tertiary/aromatic N) is 1. The molecule has 8 nitrogen and oxygen atoms in total. The van der Waals surface area contributed by atoms with E-state index in [1.165, 1.54) is 0 Å². The van der Waals surface area contributed by atoms with E-state index >= 15 is 0 Å². The third-order valence-electron chi connectivity index (χ3n) is 2.63. The van der Waals surface area contributed by atoms with Crippen molar-refractivity contribution in [3.63, 3.8) is 0 Å². The van der Waals surface area contributed by atoms with Gasteiger partial charge in [-0.1, -0.05) is 0 Å². The van der Waals surface area contributed by atoms with Crippen molar-refractivity contribution in [3.8, 4) is 0 Å². The average molecular weight is 300 g/mol. The Hall–Kier alpha value is -1.99. The van der Waals surface area contributed by atoms with Crippen LogP contribution >= 0.6 is 0 Å². The summed E-state index contributed by atoms with van der Waals surface area (Å²) in [6.45, 7) is 7.33. The van der Waals surface area contributed by atoms with Crippen LogP contribution in [-0.2, 0) is 9.53 Å². The lowest BCUT2D eigenvalue weighted by molar-refractivity contribution is -0.139. The summed E-state index contributed by atoms with van der Waals surface area (Å²) in [7, 11) is 0. The van der Waals surface area contributed by atoms with Gasteiger partial charge >= 0.3 is 12.1 Å². The molecule has 0 saturated heterocycles. The summed E-state index contributed by atoms with van der Waals surface area (Å²) in [6, 6.07) is -0.958. The summed E-state index contributed by atoms with van der Waals surface area (Å²) in [6.07, 6.45) is 0.187. The lowest BCUT2D eigenvalue weighted by Gasteiger charge is -2.22. The van der Waals surface area contributed by atoms with Crippen molar-refractivity contribution in [1.29, 1.82) is 0 Å². The van der Waals surface area contributed by atoms with E-state index in [1.54, 1.807) is 20.8 Å². The van der Waals surface area contributed by atoms with Crippen molar-refractivity contribution < 1.29 is 19.4 Å². The zero-order chi connectivity index (χ0) is 15.9. The molecule has 0 fully saturated rings. The van der Waals surface area contributed by atoms with E-state index in [4.69, 9.17) is 9.84 Å². The molecule has 0 aromatic heterocycles. The smallest absolute Gasteiger partial charge is 0.408 e. The van der Waals surface area contributed by atoms with E-state index in [0.717, 1.165) is 19.0 Å². The predicted octanol–water partition coefficient (Wildman–Crippen LogP) is 0.293. The normalized spacial score (nSPS) is 15.7. The number of amides is 1. The molecule has 1 amide bonds. The van der Waals surface area contributed by atoms with Crippen LogP contribution in [-0.4, -0.2) is 54.4 Å². The Morgan fingerprint density at radius 1 is 1.48 bits per heavy atom. The predicted molar refractivity (Wildman–Crippen MR) is 78.3 cm³/mol. The molecular weight excluding hydrogens is 276 g/mol. The maximum absolute atomic E-state index is 11.6. The molecule has 21 heavy (non-hydrogen) atoms. The van der Waals surface area contributed by atoms with E-state index in [-0.39, 0.29) is 0 Å². The number of alkyl carbamates (subject to hydrolysis) is 1. The minimum absolute atomic E-state index is 0.314. The fourth-order valence-corrected chi connectivity index (χ4v) is 1.74. The summed E-state index contributed by atoms with van der Waals surface area (Å²) >= 11 is 0. The van der Waals surface area contributed by atoms with Gasteiger partial charge in [-0.3, -0.25) is 4.99 Å². The number of carbonyl (C=O) groups excluding carboxylic acids is 1. The highest BCUT2D eigenvalue weighted by Crippen LogP contribution is 2.07. The highest BCUT2D eigenvalue weighted by molar-refractivity contribution is 5.81. The van der Waals surface area contributed by atoms with Crippen molar-refractivity contribution in [1.82, 2.24) is 16.0 Å². The summed E-state index contributed by atoms with van der Waals surface area (Å²) in [5.74, 6) is -0.334. The van der Waals surface area contributed by atoms with Crippen LogP contribution in [0.5, 0.6) is 0 Å². The van der Waals surface area contributed by atoms with Crippen molar-refractivity contribution >= 4 is 18.0 Å². The van der Waals surface area contributed by atoms with Gasteiger partial charge in [0.05, 0.1) is 6.54 Å². The van der Waals surface area contributed by atoms with Gasteiger partial charge in [0.1, 0.15) is 11.6 Å². The number of guanidine groups is 1. The zero-order valence-electron chi connectivity index (χ0n) is 12.7. The highest BCUT2D eigenvalue weighted by Gasteiger charge is 2.23. The van der Waals surface area contributed by atoms with Crippen LogP contribution in [0.3, 0.4) is 0 Å². The molecule has 8 heteroatoms. The fourth-order valence-electron chi connectivity index (χ4n) is 1.74. The van der Waals surface area contributed by atoms with Crippen LogP contribution in [0, 0.1) is 0 Å². The van der Waals surface area contributed by atoms with Crippen molar-refractivity contribution in [3.05, 3.63) is 0 Å². The van der Waals surface area contributed by atoms with E-state index < -0.39 is 23.7 Å². The molecule has 0 unspecified atom stereocenters. The summed E-state index contributed by atoms with van der Waals surface area (Å²) < 4.78 is 5.05. The van der Waals surface area contributed by atoms with Crippen molar-refractivity contribution in [2.75, 3.05) is 19.6 Å². The maximum Gasteiger partial charge on any atom is 0.408 e. The SMILES string of the molecule is CC(C)(C)OC(=O)N[C@@H](CCCNC1=NCCN1)C(=O)O. The molecule has 1 atom stereocenters. The number of hydrogen-bond acceptors (Lipinski definition) is 6. The number of carbonyl (C=O) groups is 2. The number of aliphatic imine (C=N–C) groups is 1. The van der Waals surface area contributed by atoms with Crippen LogP contribution in [0.25, 0.3) is 0 Å². The largest absolute Gasteiger partial charge is 0.480 e. The Morgan fingerprint density at radius 3 is 2.71 bits per heavy atom. The first-order valence-corrected chi connectivity index (χ1v) is 7.02. The lowest BCUT2D eigenvalue weighted by atomic mass is 10.1. The molecule has 0 aromatic rings. The van der Waals surface area contributed by atoms with Gasteiger partial charge in [-0.05, 0) is 33.6 Å². The molecule has 0 aromatic carbocycles. The molecule has 1 heterocycles. The molecule has 4 N–H and O–H groups in total. The van der Waals surface area contributed by atoms with Crippen LogP contribution in [0.2, 0.25) is 0 Å². The standard InChI is InChI=1S/C13H24N4O4/c1-13(2,3)21-12(20)17-9(10(18)19)5-4-6-14-11-15-7-8-16-11/h9H,4-8H2,1-3H3,(H,17,20)(H,18,19)(H2,14,15,16)/t9-/m0/s1.